The van der Waals surface area contributed by atoms with Crippen molar-refractivity contribution in [2.75, 3.05) is 7.05 Å². The van der Waals surface area contributed by atoms with Crippen LogP contribution < -0.4 is 5.32 Å². The fourth-order valence-electron chi connectivity index (χ4n) is 3.14. The maximum absolute atomic E-state index is 13.1. The summed E-state index contributed by atoms with van der Waals surface area (Å²) in [7, 11) is 1.76. The third kappa shape index (κ3) is 3.30. The Bertz CT molecular complexity index is 408. The van der Waals surface area contributed by atoms with Crippen molar-refractivity contribution in [2.45, 2.75) is 44.3 Å². The molecule has 0 heterocycles. The highest BCUT2D eigenvalue weighted by Crippen LogP contribution is 2.40. The van der Waals surface area contributed by atoms with E-state index in [0.29, 0.717) is 11.5 Å². The highest BCUT2D eigenvalue weighted by molar-refractivity contribution is 5.33. The molecule has 0 aliphatic heterocycles. The number of hydrogen-bond donors (Lipinski definition) is 1. The van der Waals surface area contributed by atoms with Crippen LogP contribution in [0.4, 0.5) is 13.2 Å². The SMILES string of the molecule is CNC(c1ccccc1C(F)(F)F)C1CCCCC1. The molecule has 1 saturated carbocycles. The maximum atomic E-state index is 13.1. The highest BCUT2D eigenvalue weighted by atomic mass is 19.4. The van der Waals surface area contributed by atoms with Crippen molar-refractivity contribution in [1.82, 2.24) is 5.32 Å². The fraction of sp³-hybridized carbons (Fsp3) is 0.600. The van der Waals surface area contributed by atoms with Gasteiger partial charge < -0.3 is 5.32 Å². The zero-order valence-corrected chi connectivity index (χ0v) is 11.1. The van der Waals surface area contributed by atoms with Crippen LogP contribution in [-0.4, -0.2) is 7.05 Å². The van der Waals surface area contributed by atoms with Gasteiger partial charge in [-0.1, -0.05) is 37.5 Å². The van der Waals surface area contributed by atoms with Crippen LogP contribution >= 0.6 is 0 Å². The summed E-state index contributed by atoms with van der Waals surface area (Å²) >= 11 is 0. The molecule has 106 valence electrons. The highest BCUT2D eigenvalue weighted by Gasteiger charge is 2.36. The van der Waals surface area contributed by atoms with Gasteiger partial charge >= 0.3 is 6.18 Å². The van der Waals surface area contributed by atoms with Crippen molar-refractivity contribution in [3.05, 3.63) is 35.4 Å². The Morgan fingerprint density at radius 3 is 2.32 bits per heavy atom. The van der Waals surface area contributed by atoms with Gasteiger partial charge in [0.2, 0.25) is 0 Å². The third-order valence-corrected chi connectivity index (χ3v) is 4.03. The van der Waals surface area contributed by atoms with Crippen molar-refractivity contribution < 1.29 is 13.2 Å². The fourth-order valence-corrected chi connectivity index (χ4v) is 3.14. The zero-order valence-electron chi connectivity index (χ0n) is 11.1. The summed E-state index contributed by atoms with van der Waals surface area (Å²) in [5.74, 6) is 0.308. The van der Waals surface area contributed by atoms with Gasteiger partial charge in [-0.15, -0.1) is 0 Å². The molecule has 0 bridgehead atoms. The molecular weight excluding hydrogens is 251 g/mol. The number of halogens is 3. The van der Waals surface area contributed by atoms with E-state index in [4.69, 9.17) is 0 Å². The molecule has 1 fully saturated rings. The minimum atomic E-state index is -4.28. The van der Waals surface area contributed by atoms with Crippen molar-refractivity contribution in [3.8, 4) is 0 Å². The summed E-state index contributed by atoms with van der Waals surface area (Å²) in [6, 6.07) is 5.75. The molecule has 1 atom stereocenters. The summed E-state index contributed by atoms with van der Waals surface area (Å²) in [6.45, 7) is 0. The van der Waals surface area contributed by atoms with Crippen LogP contribution in [0.5, 0.6) is 0 Å². The van der Waals surface area contributed by atoms with E-state index in [9.17, 15) is 13.2 Å². The second-order valence-electron chi connectivity index (χ2n) is 5.25. The summed E-state index contributed by atoms with van der Waals surface area (Å²) in [5.41, 5.74) is -0.107. The van der Waals surface area contributed by atoms with Gasteiger partial charge in [0.15, 0.2) is 0 Å². The molecular formula is C15H20F3N. The molecule has 2 rings (SSSR count). The molecule has 1 nitrogen and oxygen atoms in total. The smallest absolute Gasteiger partial charge is 0.313 e. The molecule has 0 aromatic heterocycles. The molecule has 0 spiro atoms. The number of alkyl halides is 3. The lowest BCUT2D eigenvalue weighted by molar-refractivity contribution is -0.138. The first-order chi connectivity index (χ1) is 9.04. The standard InChI is InChI=1S/C15H20F3N/c1-19-14(11-7-3-2-4-8-11)12-9-5-6-10-13(12)15(16,17)18/h5-6,9-11,14,19H,2-4,7-8H2,1H3. The first kappa shape index (κ1) is 14.4. The molecule has 0 saturated heterocycles. The van der Waals surface area contributed by atoms with E-state index >= 15 is 0 Å². The average molecular weight is 271 g/mol. The van der Waals surface area contributed by atoms with E-state index in [1.165, 1.54) is 18.6 Å². The molecule has 4 heteroatoms. The number of nitrogens with one attached hydrogen (secondary N) is 1. The average Bonchev–Trinajstić information content (AvgIpc) is 2.40. The Kier molecular flexibility index (Phi) is 4.50. The quantitative estimate of drug-likeness (QED) is 0.850. The molecule has 1 aromatic carbocycles. The van der Waals surface area contributed by atoms with Gasteiger partial charge in [-0.2, -0.15) is 13.2 Å². The summed E-state index contributed by atoms with van der Waals surface area (Å²) in [4.78, 5) is 0. The van der Waals surface area contributed by atoms with Gasteiger partial charge in [-0.3, -0.25) is 0 Å². The van der Waals surface area contributed by atoms with E-state index in [0.717, 1.165) is 25.7 Å². The molecule has 1 aromatic rings. The summed E-state index contributed by atoms with van der Waals surface area (Å²) < 4.78 is 39.3. The molecule has 0 radical (unpaired) electrons. The van der Waals surface area contributed by atoms with E-state index in [1.807, 2.05) is 0 Å². The lowest BCUT2D eigenvalue weighted by Gasteiger charge is -2.32. The predicted molar refractivity (Wildman–Crippen MR) is 69.8 cm³/mol. The van der Waals surface area contributed by atoms with Crippen molar-refractivity contribution in [2.24, 2.45) is 5.92 Å². The third-order valence-electron chi connectivity index (χ3n) is 4.03. The molecule has 1 aliphatic carbocycles. The molecule has 19 heavy (non-hydrogen) atoms. The topological polar surface area (TPSA) is 12.0 Å². The Morgan fingerprint density at radius 1 is 1.11 bits per heavy atom. The monoisotopic (exact) mass is 271 g/mol. The number of hydrogen-bond acceptors (Lipinski definition) is 1. The summed E-state index contributed by atoms with van der Waals surface area (Å²) in [6.07, 6.45) is 1.19. The van der Waals surface area contributed by atoms with Crippen LogP contribution in [0.1, 0.15) is 49.3 Å². The lowest BCUT2D eigenvalue weighted by atomic mass is 9.80. The Labute approximate surface area is 112 Å². The first-order valence-corrected chi connectivity index (χ1v) is 6.87. The normalized spacial score (nSPS) is 19.4. The minimum absolute atomic E-state index is 0.196. The Morgan fingerprint density at radius 2 is 1.74 bits per heavy atom. The van der Waals surface area contributed by atoms with E-state index in [2.05, 4.69) is 5.32 Å². The number of benzene rings is 1. The lowest BCUT2D eigenvalue weighted by Crippen LogP contribution is -2.29. The van der Waals surface area contributed by atoms with E-state index < -0.39 is 11.7 Å². The Hall–Kier alpha value is -1.03. The largest absolute Gasteiger partial charge is 0.416 e. The van der Waals surface area contributed by atoms with Gasteiger partial charge in [0.25, 0.3) is 0 Å². The van der Waals surface area contributed by atoms with Gasteiger partial charge in [0, 0.05) is 6.04 Å². The predicted octanol–water partition coefficient (Wildman–Crippen LogP) is 4.55. The number of rotatable bonds is 3. The van der Waals surface area contributed by atoms with Crippen LogP contribution in [0.3, 0.4) is 0 Å². The molecule has 1 unspecified atom stereocenters. The van der Waals surface area contributed by atoms with Crippen LogP contribution in [0.25, 0.3) is 0 Å². The minimum Gasteiger partial charge on any atom is -0.313 e. The van der Waals surface area contributed by atoms with Gasteiger partial charge in [0.1, 0.15) is 0 Å². The van der Waals surface area contributed by atoms with Gasteiger partial charge in [0.05, 0.1) is 5.56 Å². The zero-order chi connectivity index (χ0) is 13.9. The van der Waals surface area contributed by atoms with E-state index in [-0.39, 0.29) is 6.04 Å². The second-order valence-corrected chi connectivity index (χ2v) is 5.25. The first-order valence-electron chi connectivity index (χ1n) is 6.87. The second kappa shape index (κ2) is 5.95. The molecule has 1 aliphatic rings. The van der Waals surface area contributed by atoms with Crippen LogP contribution in [0.2, 0.25) is 0 Å². The van der Waals surface area contributed by atoms with Gasteiger partial charge in [-0.05, 0) is 37.4 Å². The van der Waals surface area contributed by atoms with Crippen molar-refractivity contribution in [1.29, 1.82) is 0 Å². The van der Waals surface area contributed by atoms with Crippen molar-refractivity contribution in [3.63, 3.8) is 0 Å². The van der Waals surface area contributed by atoms with Crippen LogP contribution in [0.15, 0.2) is 24.3 Å². The summed E-state index contributed by atoms with van der Waals surface area (Å²) in [5, 5.41) is 3.10. The van der Waals surface area contributed by atoms with Crippen LogP contribution in [0, 0.1) is 5.92 Å². The van der Waals surface area contributed by atoms with Crippen molar-refractivity contribution >= 4 is 0 Å². The maximum Gasteiger partial charge on any atom is 0.416 e. The molecule has 1 N–H and O–H groups in total. The van der Waals surface area contributed by atoms with Gasteiger partial charge in [-0.25, -0.2) is 0 Å². The Balaban J connectivity index is 2.32. The van der Waals surface area contributed by atoms with E-state index in [1.54, 1.807) is 19.2 Å². The molecule has 0 amide bonds. The van der Waals surface area contributed by atoms with Crippen LogP contribution in [-0.2, 0) is 6.18 Å².